The molecule has 1 unspecified atom stereocenters. The Balaban J connectivity index is 1.82. The smallest absolute Gasteiger partial charge is 0.335 e. The molecular formula is C29H46O5. The van der Waals surface area contributed by atoms with Gasteiger partial charge in [-0.1, -0.05) is 32.1 Å². The van der Waals surface area contributed by atoms with Gasteiger partial charge in [0, 0.05) is 5.57 Å². The largest absolute Gasteiger partial charge is 0.462 e. The van der Waals surface area contributed by atoms with Crippen LogP contribution in [0.2, 0.25) is 0 Å². The first-order valence-corrected chi connectivity index (χ1v) is 13.2. The van der Waals surface area contributed by atoms with E-state index in [2.05, 4.69) is 19.7 Å². The van der Waals surface area contributed by atoms with Crippen LogP contribution in [-0.2, 0) is 19.1 Å². The number of hydrogen-bond donors (Lipinski definition) is 1. The van der Waals surface area contributed by atoms with Crippen molar-refractivity contribution >= 4 is 11.9 Å². The highest BCUT2D eigenvalue weighted by atomic mass is 16.5. The van der Waals surface area contributed by atoms with Gasteiger partial charge in [0.25, 0.3) is 0 Å². The van der Waals surface area contributed by atoms with Crippen LogP contribution in [-0.4, -0.2) is 36.9 Å². The molecule has 192 valence electrons. The maximum atomic E-state index is 11.8. The second-order valence-electron chi connectivity index (χ2n) is 10.5. The maximum Gasteiger partial charge on any atom is 0.335 e. The molecule has 0 aromatic heterocycles. The van der Waals surface area contributed by atoms with Crippen molar-refractivity contribution in [3.8, 4) is 0 Å². The maximum absolute atomic E-state index is 11.8. The molecular weight excluding hydrogens is 428 g/mol. The zero-order chi connectivity index (χ0) is 24.9. The molecule has 0 amide bonds. The van der Waals surface area contributed by atoms with Gasteiger partial charge in [-0.15, -0.1) is 6.58 Å². The number of ether oxygens (including phenoxy) is 2. The van der Waals surface area contributed by atoms with Crippen molar-refractivity contribution in [1.29, 1.82) is 0 Å². The van der Waals surface area contributed by atoms with E-state index in [9.17, 15) is 9.59 Å². The number of aliphatic hydroxyl groups is 1. The molecule has 2 aliphatic rings. The number of carbonyl (C=O) groups is 2. The van der Waals surface area contributed by atoms with E-state index in [1.54, 1.807) is 6.92 Å². The third kappa shape index (κ3) is 9.40. The van der Waals surface area contributed by atoms with Crippen molar-refractivity contribution < 1.29 is 24.2 Å². The van der Waals surface area contributed by atoms with Crippen LogP contribution in [0.25, 0.3) is 0 Å². The van der Waals surface area contributed by atoms with Crippen molar-refractivity contribution in [3.05, 3.63) is 37.0 Å². The van der Waals surface area contributed by atoms with Gasteiger partial charge in [0.1, 0.15) is 0 Å². The van der Waals surface area contributed by atoms with Crippen molar-refractivity contribution in [3.63, 3.8) is 0 Å². The summed E-state index contributed by atoms with van der Waals surface area (Å²) >= 11 is 0. The second kappa shape index (κ2) is 15.2. The van der Waals surface area contributed by atoms with Crippen LogP contribution in [0, 0.1) is 29.6 Å². The van der Waals surface area contributed by atoms with Crippen LogP contribution in [0.5, 0.6) is 0 Å². The van der Waals surface area contributed by atoms with E-state index in [4.69, 9.17) is 14.6 Å². The molecule has 5 nitrogen and oxygen atoms in total. The number of rotatable bonds is 14. The molecule has 0 radical (unpaired) electrons. The molecule has 2 saturated carbocycles. The number of hydrogen-bond acceptors (Lipinski definition) is 5. The Morgan fingerprint density at radius 3 is 1.94 bits per heavy atom. The first-order valence-electron chi connectivity index (χ1n) is 13.2. The first-order chi connectivity index (χ1) is 16.3. The minimum atomic E-state index is -0.539. The summed E-state index contributed by atoms with van der Waals surface area (Å²) in [6.45, 7) is 13.0. The first kappa shape index (κ1) is 28.4. The van der Waals surface area contributed by atoms with Gasteiger partial charge in [-0.2, -0.15) is 0 Å². The van der Waals surface area contributed by atoms with Crippen LogP contribution >= 0.6 is 0 Å². The summed E-state index contributed by atoms with van der Waals surface area (Å²) in [5.74, 6) is 2.61. The molecule has 34 heavy (non-hydrogen) atoms. The fraction of sp³-hybridized carbons (Fsp3) is 0.724. The molecule has 0 heterocycles. The fourth-order valence-electron chi connectivity index (χ4n) is 5.90. The van der Waals surface area contributed by atoms with E-state index in [1.807, 2.05) is 6.08 Å². The van der Waals surface area contributed by atoms with Gasteiger partial charge in [0.05, 0.1) is 25.4 Å². The van der Waals surface area contributed by atoms with Gasteiger partial charge in [-0.3, -0.25) is 0 Å². The van der Waals surface area contributed by atoms with Crippen molar-refractivity contribution in [1.82, 2.24) is 0 Å². The molecule has 0 aromatic rings. The number of carbonyl (C=O) groups excluding carboxylic acids is 2. The molecule has 2 rings (SSSR count). The summed E-state index contributed by atoms with van der Waals surface area (Å²) in [5, 5.41) is 9.06. The lowest BCUT2D eigenvalue weighted by Crippen LogP contribution is -2.29. The van der Waals surface area contributed by atoms with E-state index in [0.717, 1.165) is 37.0 Å². The minimum Gasteiger partial charge on any atom is -0.462 e. The highest BCUT2D eigenvalue weighted by Crippen LogP contribution is 2.44. The Morgan fingerprint density at radius 2 is 1.44 bits per heavy atom. The lowest BCUT2D eigenvalue weighted by atomic mass is 9.66. The molecule has 0 aliphatic heterocycles. The van der Waals surface area contributed by atoms with Crippen LogP contribution in [0.15, 0.2) is 37.0 Å². The molecule has 2 aliphatic carbocycles. The molecule has 0 saturated heterocycles. The van der Waals surface area contributed by atoms with Gasteiger partial charge < -0.3 is 14.6 Å². The minimum absolute atomic E-state index is 0.0756. The zero-order valence-corrected chi connectivity index (χ0v) is 21.3. The third-order valence-corrected chi connectivity index (χ3v) is 8.09. The standard InChI is InChI=1S/C29H46O5/c1-5-6-7-23-8-10-24(11-9-23)25-12-14-26(15-13-25)27(16-18-33-28(31)21(2)3)17-19-34-29(32)22(4)20-30/h5,23-27,30H,1-2,4,6-20H2,3H3. The van der Waals surface area contributed by atoms with Crippen LogP contribution in [0.4, 0.5) is 0 Å². The van der Waals surface area contributed by atoms with Gasteiger partial charge in [0.2, 0.25) is 0 Å². The highest BCUT2D eigenvalue weighted by molar-refractivity contribution is 5.88. The normalized spacial score (nSPS) is 25.7. The predicted molar refractivity (Wildman–Crippen MR) is 136 cm³/mol. The molecule has 2 fully saturated rings. The van der Waals surface area contributed by atoms with Crippen LogP contribution < -0.4 is 0 Å². The summed E-state index contributed by atoms with van der Waals surface area (Å²) in [6, 6.07) is 0. The molecule has 5 heteroatoms. The summed E-state index contributed by atoms with van der Waals surface area (Å²) in [6.07, 6.45) is 16.4. The van der Waals surface area contributed by atoms with Crippen molar-refractivity contribution in [2.24, 2.45) is 29.6 Å². The average Bonchev–Trinajstić information content (AvgIpc) is 2.86. The third-order valence-electron chi connectivity index (χ3n) is 8.09. The van der Waals surface area contributed by atoms with E-state index in [0.29, 0.717) is 30.6 Å². The van der Waals surface area contributed by atoms with Gasteiger partial charge in [0.15, 0.2) is 0 Å². The SMILES string of the molecule is C=CCCC1CCC(C2CCC(C(CCOC(=O)C(=C)C)CCOC(=O)C(=C)CO)CC2)CC1. The molecule has 0 spiro atoms. The van der Waals surface area contributed by atoms with Gasteiger partial charge in [-0.05, 0) is 101 Å². The van der Waals surface area contributed by atoms with Crippen LogP contribution in [0.1, 0.15) is 84.0 Å². The van der Waals surface area contributed by atoms with E-state index in [1.165, 1.54) is 57.8 Å². The summed E-state index contributed by atoms with van der Waals surface area (Å²) < 4.78 is 10.7. The zero-order valence-electron chi connectivity index (χ0n) is 21.3. The van der Waals surface area contributed by atoms with E-state index >= 15 is 0 Å². The Kier molecular flexibility index (Phi) is 12.7. The lowest BCUT2D eigenvalue weighted by molar-refractivity contribution is -0.140. The van der Waals surface area contributed by atoms with Crippen LogP contribution in [0.3, 0.4) is 0 Å². The predicted octanol–water partition coefficient (Wildman–Crippen LogP) is 6.17. The topological polar surface area (TPSA) is 72.8 Å². The Hall–Kier alpha value is -1.88. The fourth-order valence-corrected chi connectivity index (χ4v) is 5.90. The summed E-state index contributed by atoms with van der Waals surface area (Å²) in [4.78, 5) is 23.6. The Bertz CT molecular complexity index is 681. The van der Waals surface area contributed by atoms with E-state index < -0.39 is 5.97 Å². The highest BCUT2D eigenvalue weighted by Gasteiger charge is 2.33. The monoisotopic (exact) mass is 474 g/mol. The number of aliphatic hydroxyl groups excluding tert-OH is 1. The van der Waals surface area contributed by atoms with Gasteiger partial charge >= 0.3 is 11.9 Å². The summed E-state index contributed by atoms with van der Waals surface area (Å²) in [5.41, 5.74) is 0.486. The average molecular weight is 475 g/mol. The van der Waals surface area contributed by atoms with Gasteiger partial charge in [-0.25, -0.2) is 9.59 Å². The van der Waals surface area contributed by atoms with E-state index in [-0.39, 0.29) is 18.1 Å². The Morgan fingerprint density at radius 1 is 0.912 bits per heavy atom. The number of esters is 2. The molecule has 0 aromatic carbocycles. The quantitative estimate of drug-likeness (QED) is 0.185. The lowest BCUT2D eigenvalue weighted by Gasteiger charge is -2.40. The molecule has 1 N–H and O–H groups in total. The number of allylic oxidation sites excluding steroid dienone is 1. The molecule has 0 bridgehead atoms. The molecule has 1 atom stereocenters. The Labute approximate surface area is 206 Å². The second-order valence-corrected chi connectivity index (χ2v) is 10.5. The summed E-state index contributed by atoms with van der Waals surface area (Å²) in [7, 11) is 0. The van der Waals surface area contributed by atoms with Crippen molar-refractivity contribution in [2.45, 2.75) is 84.0 Å². The van der Waals surface area contributed by atoms with Crippen molar-refractivity contribution in [2.75, 3.05) is 19.8 Å².